The molecule has 1 heterocycles. The summed E-state index contributed by atoms with van der Waals surface area (Å²) in [5.41, 5.74) is 2.32. The summed E-state index contributed by atoms with van der Waals surface area (Å²) in [4.78, 5) is 14.0. The molecule has 1 aromatic carbocycles. The molecule has 0 unspecified atom stereocenters. The Kier molecular flexibility index (Phi) is 3.90. The van der Waals surface area contributed by atoms with Crippen LogP contribution >= 0.6 is 0 Å². The van der Waals surface area contributed by atoms with Crippen LogP contribution in [0.5, 0.6) is 5.75 Å². The van der Waals surface area contributed by atoms with Crippen LogP contribution in [0.2, 0.25) is 0 Å². The minimum atomic E-state index is -0.399. The number of carbonyl (C=O) groups excluding carboxylic acids is 1. The third kappa shape index (κ3) is 3.03. The maximum absolute atomic E-state index is 12.1. The summed E-state index contributed by atoms with van der Waals surface area (Å²) in [5, 5.41) is 0. The number of likely N-dealkylation sites (tertiary alicyclic amines) is 1. The van der Waals surface area contributed by atoms with E-state index in [1.807, 2.05) is 37.8 Å². The van der Waals surface area contributed by atoms with Crippen molar-refractivity contribution in [2.24, 2.45) is 0 Å². The van der Waals surface area contributed by atoms with Gasteiger partial charge < -0.3 is 9.64 Å². The second kappa shape index (κ2) is 5.42. The van der Waals surface area contributed by atoms with Crippen molar-refractivity contribution < 1.29 is 9.53 Å². The molecule has 1 atom stereocenters. The summed E-state index contributed by atoms with van der Waals surface area (Å²) >= 11 is 0. The molecule has 0 aromatic heterocycles. The number of hydrogen-bond donors (Lipinski definition) is 0. The lowest BCUT2D eigenvalue weighted by molar-refractivity contribution is -0.136. The van der Waals surface area contributed by atoms with Crippen molar-refractivity contribution in [3.8, 4) is 5.75 Å². The zero-order chi connectivity index (χ0) is 13.1. The van der Waals surface area contributed by atoms with Crippen LogP contribution in [0, 0.1) is 13.8 Å². The molecule has 1 aliphatic rings. The minimum Gasteiger partial charge on any atom is -0.481 e. The summed E-state index contributed by atoms with van der Waals surface area (Å²) in [6.07, 6.45) is 1.83. The van der Waals surface area contributed by atoms with E-state index in [2.05, 4.69) is 6.07 Å². The second-order valence-electron chi connectivity index (χ2n) is 5.12. The van der Waals surface area contributed by atoms with Crippen molar-refractivity contribution in [2.75, 3.05) is 13.1 Å². The van der Waals surface area contributed by atoms with Crippen LogP contribution in [0.3, 0.4) is 0 Å². The first-order valence-corrected chi connectivity index (χ1v) is 6.60. The van der Waals surface area contributed by atoms with Crippen molar-refractivity contribution in [2.45, 2.75) is 39.7 Å². The first-order valence-electron chi connectivity index (χ1n) is 6.60. The molecular weight excluding hydrogens is 226 g/mol. The summed E-state index contributed by atoms with van der Waals surface area (Å²) in [6.45, 7) is 7.65. The lowest BCUT2D eigenvalue weighted by Gasteiger charge is -2.21. The topological polar surface area (TPSA) is 29.5 Å². The number of carbonyl (C=O) groups is 1. The number of nitrogens with zero attached hydrogens (tertiary/aromatic N) is 1. The molecule has 0 bridgehead atoms. The molecule has 0 saturated carbocycles. The van der Waals surface area contributed by atoms with Gasteiger partial charge in [0, 0.05) is 13.1 Å². The van der Waals surface area contributed by atoms with Gasteiger partial charge in [0.1, 0.15) is 5.75 Å². The summed E-state index contributed by atoms with van der Waals surface area (Å²) in [6, 6.07) is 6.04. The highest BCUT2D eigenvalue weighted by molar-refractivity contribution is 5.81. The van der Waals surface area contributed by atoms with E-state index in [4.69, 9.17) is 4.74 Å². The van der Waals surface area contributed by atoms with E-state index < -0.39 is 6.10 Å². The minimum absolute atomic E-state index is 0.103. The maximum atomic E-state index is 12.1. The normalized spacial score (nSPS) is 16.7. The molecule has 1 aliphatic heterocycles. The fourth-order valence-electron chi connectivity index (χ4n) is 2.45. The third-order valence-electron chi connectivity index (χ3n) is 3.27. The summed E-state index contributed by atoms with van der Waals surface area (Å²) < 4.78 is 5.76. The van der Waals surface area contributed by atoms with E-state index in [9.17, 15) is 4.79 Å². The fourth-order valence-corrected chi connectivity index (χ4v) is 2.45. The quantitative estimate of drug-likeness (QED) is 0.822. The second-order valence-corrected chi connectivity index (χ2v) is 5.12. The first kappa shape index (κ1) is 12.9. The molecule has 1 aromatic rings. The number of benzene rings is 1. The monoisotopic (exact) mass is 247 g/mol. The van der Waals surface area contributed by atoms with Gasteiger partial charge in [-0.1, -0.05) is 6.07 Å². The number of aryl methyl sites for hydroxylation is 2. The van der Waals surface area contributed by atoms with Crippen molar-refractivity contribution >= 4 is 5.91 Å². The standard InChI is InChI=1S/C15H21NO2/c1-11-8-12(2)10-14(9-11)18-13(3)15(17)16-6-4-5-7-16/h8-10,13H,4-7H2,1-3H3/t13-/m1/s1. The van der Waals surface area contributed by atoms with Crippen molar-refractivity contribution in [1.82, 2.24) is 4.90 Å². The van der Waals surface area contributed by atoms with Gasteiger partial charge in [0.2, 0.25) is 0 Å². The molecule has 3 nitrogen and oxygen atoms in total. The molecule has 0 radical (unpaired) electrons. The van der Waals surface area contributed by atoms with Crippen molar-refractivity contribution in [1.29, 1.82) is 0 Å². The molecule has 3 heteroatoms. The fraction of sp³-hybridized carbons (Fsp3) is 0.533. The van der Waals surface area contributed by atoms with Gasteiger partial charge in [-0.2, -0.15) is 0 Å². The van der Waals surface area contributed by atoms with E-state index in [0.29, 0.717) is 0 Å². The van der Waals surface area contributed by atoms with Gasteiger partial charge in [0.25, 0.3) is 5.91 Å². The highest BCUT2D eigenvalue weighted by Gasteiger charge is 2.24. The van der Waals surface area contributed by atoms with Crippen LogP contribution in [0.15, 0.2) is 18.2 Å². The lowest BCUT2D eigenvalue weighted by Crippen LogP contribution is -2.38. The average molecular weight is 247 g/mol. The highest BCUT2D eigenvalue weighted by Crippen LogP contribution is 2.19. The zero-order valence-corrected chi connectivity index (χ0v) is 11.4. The van der Waals surface area contributed by atoms with Gasteiger partial charge in [-0.3, -0.25) is 4.79 Å². The molecule has 2 rings (SSSR count). The van der Waals surface area contributed by atoms with Crippen LogP contribution in [0.25, 0.3) is 0 Å². The average Bonchev–Trinajstić information content (AvgIpc) is 2.79. The Balaban J connectivity index is 2.01. The molecule has 98 valence electrons. The Morgan fingerprint density at radius 2 is 1.72 bits per heavy atom. The molecule has 0 spiro atoms. The molecule has 0 N–H and O–H groups in total. The molecule has 1 saturated heterocycles. The Hall–Kier alpha value is -1.51. The van der Waals surface area contributed by atoms with Crippen molar-refractivity contribution in [3.05, 3.63) is 29.3 Å². The third-order valence-corrected chi connectivity index (χ3v) is 3.27. The van der Waals surface area contributed by atoms with Gasteiger partial charge in [0.15, 0.2) is 6.10 Å². The molecule has 0 aliphatic carbocycles. The van der Waals surface area contributed by atoms with Gasteiger partial charge in [-0.15, -0.1) is 0 Å². The van der Waals surface area contributed by atoms with Crippen LogP contribution in [-0.4, -0.2) is 30.0 Å². The maximum Gasteiger partial charge on any atom is 0.263 e. The van der Waals surface area contributed by atoms with E-state index in [-0.39, 0.29) is 5.91 Å². The predicted molar refractivity (Wildman–Crippen MR) is 71.8 cm³/mol. The van der Waals surface area contributed by atoms with E-state index in [1.165, 1.54) is 0 Å². The Morgan fingerprint density at radius 1 is 1.17 bits per heavy atom. The lowest BCUT2D eigenvalue weighted by atomic mass is 10.1. The highest BCUT2D eigenvalue weighted by atomic mass is 16.5. The van der Waals surface area contributed by atoms with Crippen LogP contribution in [0.4, 0.5) is 0 Å². The van der Waals surface area contributed by atoms with E-state index >= 15 is 0 Å². The number of hydrogen-bond acceptors (Lipinski definition) is 2. The Labute approximate surface area is 109 Å². The van der Waals surface area contributed by atoms with Gasteiger partial charge in [-0.25, -0.2) is 0 Å². The van der Waals surface area contributed by atoms with Gasteiger partial charge in [-0.05, 0) is 56.9 Å². The van der Waals surface area contributed by atoms with Crippen LogP contribution < -0.4 is 4.74 Å². The van der Waals surface area contributed by atoms with Gasteiger partial charge >= 0.3 is 0 Å². The zero-order valence-electron chi connectivity index (χ0n) is 11.4. The molecular formula is C15H21NO2. The Bertz CT molecular complexity index is 416. The van der Waals surface area contributed by atoms with Crippen LogP contribution in [0.1, 0.15) is 30.9 Å². The first-order chi connectivity index (χ1) is 8.56. The summed E-state index contributed by atoms with van der Waals surface area (Å²) in [5.74, 6) is 0.888. The number of rotatable bonds is 3. The number of amides is 1. The number of ether oxygens (including phenoxy) is 1. The van der Waals surface area contributed by atoms with E-state index in [1.54, 1.807) is 0 Å². The summed E-state index contributed by atoms with van der Waals surface area (Å²) in [7, 11) is 0. The van der Waals surface area contributed by atoms with Gasteiger partial charge in [0.05, 0.1) is 0 Å². The molecule has 1 amide bonds. The van der Waals surface area contributed by atoms with E-state index in [0.717, 1.165) is 42.8 Å². The molecule has 18 heavy (non-hydrogen) atoms. The molecule has 1 fully saturated rings. The predicted octanol–water partition coefficient (Wildman–Crippen LogP) is 2.69. The SMILES string of the molecule is Cc1cc(C)cc(O[C@H](C)C(=O)N2CCCC2)c1. The van der Waals surface area contributed by atoms with Crippen molar-refractivity contribution in [3.63, 3.8) is 0 Å². The van der Waals surface area contributed by atoms with Crippen LogP contribution in [-0.2, 0) is 4.79 Å². The largest absolute Gasteiger partial charge is 0.481 e. The smallest absolute Gasteiger partial charge is 0.263 e. The Morgan fingerprint density at radius 3 is 2.28 bits per heavy atom.